The summed E-state index contributed by atoms with van der Waals surface area (Å²) in [5, 5.41) is 8.32. The van der Waals surface area contributed by atoms with Crippen molar-refractivity contribution in [3.05, 3.63) is 46.2 Å². The molecule has 3 rings (SSSR count). The molecule has 1 aliphatic heterocycles. The number of ether oxygens (including phenoxy) is 2. The van der Waals surface area contributed by atoms with E-state index < -0.39 is 0 Å². The Hall–Kier alpha value is -2.09. The number of esters is 1. The second kappa shape index (κ2) is 10.1. The van der Waals surface area contributed by atoms with Gasteiger partial charge in [0.15, 0.2) is 10.3 Å². The van der Waals surface area contributed by atoms with Crippen LogP contribution in [0.2, 0.25) is 10.3 Å². The standard InChI is InChI=1S/C20H24Cl2N4O3/c1-14(2)29-20(27)15-3-5-16(6-4-15)28-12-11-25-7-9-26(10-8-25)17-13-18(21)23-24-19(17)22/h3-6,13-14H,7-12H2,1-2H3. The lowest BCUT2D eigenvalue weighted by Crippen LogP contribution is -2.47. The van der Waals surface area contributed by atoms with E-state index >= 15 is 0 Å². The maximum Gasteiger partial charge on any atom is 0.338 e. The summed E-state index contributed by atoms with van der Waals surface area (Å²) in [5.74, 6) is 0.407. The molecule has 2 aromatic rings. The average molecular weight is 439 g/mol. The zero-order valence-corrected chi connectivity index (χ0v) is 18.0. The third-order valence-electron chi connectivity index (χ3n) is 4.52. The van der Waals surface area contributed by atoms with Crippen molar-refractivity contribution in [2.75, 3.05) is 44.2 Å². The van der Waals surface area contributed by atoms with Gasteiger partial charge in [-0.1, -0.05) is 23.2 Å². The minimum atomic E-state index is -0.324. The average Bonchev–Trinajstić information content (AvgIpc) is 2.70. The normalized spacial score (nSPS) is 14.9. The SMILES string of the molecule is CC(C)OC(=O)c1ccc(OCCN2CCN(c3cc(Cl)nnc3Cl)CC2)cc1. The van der Waals surface area contributed by atoms with Gasteiger partial charge < -0.3 is 14.4 Å². The molecule has 1 aromatic carbocycles. The Morgan fingerprint density at radius 3 is 2.45 bits per heavy atom. The Morgan fingerprint density at radius 2 is 1.79 bits per heavy atom. The van der Waals surface area contributed by atoms with E-state index in [1.807, 2.05) is 13.8 Å². The molecule has 0 atom stereocenters. The third-order valence-corrected chi connectivity index (χ3v) is 4.98. The van der Waals surface area contributed by atoms with E-state index in [0.717, 1.165) is 44.2 Å². The van der Waals surface area contributed by atoms with Crippen LogP contribution in [0.5, 0.6) is 5.75 Å². The van der Waals surface area contributed by atoms with E-state index in [4.69, 9.17) is 32.7 Å². The van der Waals surface area contributed by atoms with E-state index in [1.54, 1.807) is 30.3 Å². The Morgan fingerprint density at radius 1 is 1.10 bits per heavy atom. The third kappa shape index (κ3) is 6.19. The summed E-state index contributed by atoms with van der Waals surface area (Å²) in [7, 11) is 0. The number of hydrogen-bond donors (Lipinski definition) is 0. The number of piperazine rings is 1. The number of rotatable bonds is 7. The summed E-state index contributed by atoms with van der Waals surface area (Å²) < 4.78 is 11.0. The minimum Gasteiger partial charge on any atom is -0.492 e. The first-order chi connectivity index (χ1) is 13.9. The molecular formula is C20H24Cl2N4O3. The highest BCUT2D eigenvalue weighted by Crippen LogP contribution is 2.26. The second-order valence-corrected chi connectivity index (χ2v) is 7.74. The van der Waals surface area contributed by atoms with Crippen LogP contribution < -0.4 is 9.64 Å². The minimum absolute atomic E-state index is 0.137. The first-order valence-corrected chi connectivity index (χ1v) is 10.3. The van der Waals surface area contributed by atoms with Crippen LogP contribution in [0.15, 0.2) is 30.3 Å². The summed E-state index contributed by atoms with van der Waals surface area (Å²) >= 11 is 12.1. The molecule has 0 N–H and O–H groups in total. The number of aromatic nitrogens is 2. The maximum atomic E-state index is 11.9. The highest BCUT2D eigenvalue weighted by molar-refractivity contribution is 6.33. The van der Waals surface area contributed by atoms with Crippen LogP contribution in [0.3, 0.4) is 0 Å². The molecule has 0 saturated carbocycles. The van der Waals surface area contributed by atoms with Crippen LogP contribution in [0, 0.1) is 0 Å². The number of nitrogens with zero attached hydrogens (tertiary/aromatic N) is 4. The van der Waals surface area contributed by atoms with Gasteiger partial charge in [-0.05, 0) is 38.1 Å². The second-order valence-electron chi connectivity index (χ2n) is 7.00. The lowest BCUT2D eigenvalue weighted by Gasteiger charge is -2.36. The molecule has 9 heteroatoms. The van der Waals surface area contributed by atoms with Gasteiger partial charge in [0, 0.05) is 38.8 Å². The molecule has 0 bridgehead atoms. The fourth-order valence-corrected chi connectivity index (χ4v) is 3.39. The molecule has 1 saturated heterocycles. The number of benzene rings is 1. The van der Waals surface area contributed by atoms with E-state index in [-0.39, 0.29) is 12.1 Å². The molecule has 0 aliphatic carbocycles. The summed E-state index contributed by atoms with van der Waals surface area (Å²) in [6, 6.07) is 8.76. The van der Waals surface area contributed by atoms with Crippen LogP contribution in [-0.2, 0) is 4.74 Å². The lowest BCUT2D eigenvalue weighted by atomic mass is 10.2. The van der Waals surface area contributed by atoms with Gasteiger partial charge in [-0.15, -0.1) is 10.2 Å². The predicted molar refractivity (Wildman–Crippen MR) is 113 cm³/mol. The Bertz CT molecular complexity index is 825. The van der Waals surface area contributed by atoms with E-state index in [1.165, 1.54) is 0 Å². The Labute approximate surface area is 180 Å². The summed E-state index contributed by atoms with van der Waals surface area (Å²) in [5.41, 5.74) is 1.34. The van der Waals surface area contributed by atoms with Gasteiger partial charge in [-0.3, -0.25) is 4.90 Å². The van der Waals surface area contributed by atoms with Crippen molar-refractivity contribution in [2.45, 2.75) is 20.0 Å². The fourth-order valence-electron chi connectivity index (χ4n) is 3.04. The molecule has 29 heavy (non-hydrogen) atoms. The Kier molecular flexibility index (Phi) is 7.52. The highest BCUT2D eigenvalue weighted by Gasteiger charge is 2.20. The summed E-state index contributed by atoms with van der Waals surface area (Å²) in [6.45, 7) is 8.47. The van der Waals surface area contributed by atoms with Crippen LogP contribution >= 0.6 is 23.2 Å². The molecule has 156 valence electrons. The lowest BCUT2D eigenvalue weighted by molar-refractivity contribution is 0.0378. The van der Waals surface area contributed by atoms with E-state index in [9.17, 15) is 4.79 Å². The van der Waals surface area contributed by atoms with Crippen molar-refractivity contribution >= 4 is 34.9 Å². The smallest absolute Gasteiger partial charge is 0.338 e. The number of carbonyl (C=O) groups excluding carboxylic acids is 1. The van der Waals surface area contributed by atoms with Crippen molar-refractivity contribution in [1.82, 2.24) is 15.1 Å². The molecular weight excluding hydrogens is 415 g/mol. The quantitative estimate of drug-likeness (QED) is 0.612. The van der Waals surface area contributed by atoms with E-state index in [2.05, 4.69) is 20.0 Å². The van der Waals surface area contributed by atoms with E-state index in [0.29, 0.717) is 22.5 Å². The van der Waals surface area contributed by atoms with Crippen LogP contribution in [0.4, 0.5) is 5.69 Å². The molecule has 0 unspecified atom stereocenters. The van der Waals surface area contributed by atoms with Crippen LogP contribution in [0.1, 0.15) is 24.2 Å². The van der Waals surface area contributed by atoms with Crippen LogP contribution in [0.25, 0.3) is 0 Å². The van der Waals surface area contributed by atoms with Crippen LogP contribution in [-0.4, -0.2) is 66.5 Å². The molecule has 7 nitrogen and oxygen atoms in total. The number of hydrogen-bond acceptors (Lipinski definition) is 7. The number of carbonyl (C=O) groups is 1. The number of halogens is 2. The summed E-state index contributed by atoms with van der Waals surface area (Å²) in [4.78, 5) is 16.3. The zero-order chi connectivity index (χ0) is 20.8. The topological polar surface area (TPSA) is 67.8 Å². The molecule has 1 fully saturated rings. The monoisotopic (exact) mass is 438 g/mol. The van der Waals surface area contributed by atoms with Gasteiger partial charge in [-0.25, -0.2) is 4.79 Å². The zero-order valence-electron chi connectivity index (χ0n) is 16.5. The molecule has 1 aromatic heterocycles. The Balaban J connectivity index is 1.42. The highest BCUT2D eigenvalue weighted by atomic mass is 35.5. The van der Waals surface area contributed by atoms with Gasteiger partial charge in [0.25, 0.3) is 0 Å². The molecule has 0 amide bonds. The van der Waals surface area contributed by atoms with Crippen molar-refractivity contribution < 1.29 is 14.3 Å². The molecule has 1 aliphatic rings. The van der Waals surface area contributed by atoms with Gasteiger partial charge in [-0.2, -0.15) is 0 Å². The fraction of sp³-hybridized carbons (Fsp3) is 0.450. The van der Waals surface area contributed by atoms with Crippen molar-refractivity contribution in [2.24, 2.45) is 0 Å². The van der Waals surface area contributed by atoms with Crippen molar-refractivity contribution in [1.29, 1.82) is 0 Å². The molecule has 0 radical (unpaired) electrons. The van der Waals surface area contributed by atoms with Gasteiger partial charge in [0.1, 0.15) is 12.4 Å². The van der Waals surface area contributed by atoms with Gasteiger partial charge >= 0.3 is 5.97 Å². The largest absolute Gasteiger partial charge is 0.492 e. The van der Waals surface area contributed by atoms with Crippen molar-refractivity contribution in [3.63, 3.8) is 0 Å². The molecule has 0 spiro atoms. The van der Waals surface area contributed by atoms with Gasteiger partial charge in [0.05, 0.1) is 17.4 Å². The summed E-state index contributed by atoms with van der Waals surface area (Å²) in [6.07, 6.45) is -0.137. The first kappa shape index (κ1) is 21.6. The molecule has 2 heterocycles. The predicted octanol–water partition coefficient (Wildman–Crippen LogP) is 3.55. The first-order valence-electron chi connectivity index (χ1n) is 9.52. The maximum absolute atomic E-state index is 11.9. The van der Waals surface area contributed by atoms with Crippen molar-refractivity contribution in [3.8, 4) is 5.75 Å². The number of anilines is 1. The van der Waals surface area contributed by atoms with Gasteiger partial charge in [0.2, 0.25) is 0 Å².